The molecule has 1 aromatic rings. The molecule has 0 N–H and O–H groups in total. The number of β-lactam (4-membered cyclic amide) rings is 1. The summed E-state index contributed by atoms with van der Waals surface area (Å²) in [5.74, 6) is -0.0362. The minimum atomic E-state index is -0.597. The van der Waals surface area contributed by atoms with Crippen molar-refractivity contribution in [2.24, 2.45) is 0 Å². The average molecular weight is 376 g/mol. The minimum absolute atomic E-state index is 0.0307. The van der Waals surface area contributed by atoms with Crippen molar-refractivity contribution in [2.75, 3.05) is 32.8 Å². The van der Waals surface area contributed by atoms with Crippen molar-refractivity contribution in [3.8, 4) is 5.75 Å². The standard InChI is InChI=1S/C20H25FN2O4/c21-15-4-6-16(7-5-15)27-18-19(25)23(20(18)8-2-1-3-9-20)14-17(24)22-10-12-26-13-11-22/h4-7,18H,1-3,8-14H2. The van der Waals surface area contributed by atoms with Crippen molar-refractivity contribution in [1.29, 1.82) is 0 Å². The molecule has 1 aromatic carbocycles. The van der Waals surface area contributed by atoms with E-state index in [1.165, 1.54) is 12.1 Å². The second-order valence-corrected chi connectivity index (χ2v) is 7.53. The monoisotopic (exact) mass is 376 g/mol. The lowest BCUT2D eigenvalue weighted by atomic mass is 9.70. The maximum Gasteiger partial charge on any atom is 0.267 e. The third-order valence-corrected chi connectivity index (χ3v) is 5.96. The summed E-state index contributed by atoms with van der Waals surface area (Å²) < 4.78 is 24.4. The van der Waals surface area contributed by atoms with E-state index in [4.69, 9.17) is 9.47 Å². The van der Waals surface area contributed by atoms with Crippen LogP contribution in [-0.2, 0) is 14.3 Å². The SMILES string of the molecule is O=C(CN1C(=O)C(Oc2ccc(F)cc2)C12CCCCC2)N1CCOCC1. The second kappa shape index (κ2) is 7.46. The largest absolute Gasteiger partial charge is 0.478 e. The van der Waals surface area contributed by atoms with Crippen LogP contribution in [0.3, 0.4) is 0 Å². The summed E-state index contributed by atoms with van der Waals surface area (Å²) >= 11 is 0. The number of morpholine rings is 1. The Morgan fingerprint density at radius 2 is 1.81 bits per heavy atom. The Hall–Kier alpha value is -2.15. The van der Waals surface area contributed by atoms with Crippen LogP contribution in [0.4, 0.5) is 4.39 Å². The zero-order valence-electron chi connectivity index (χ0n) is 15.4. The van der Waals surface area contributed by atoms with Gasteiger partial charge in [0.1, 0.15) is 18.1 Å². The lowest BCUT2D eigenvalue weighted by Gasteiger charge is -2.58. The molecule has 1 saturated carbocycles. The molecule has 7 heteroatoms. The number of likely N-dealkylation sites (tertiary alicyclic amines) is 1. The van der Waals surface area contributed by atoms with Crippen LogP contribution in [0.15, 0.2) is 24.3 Å². The molecule has 2 amide bonds. The van der Waals surface area contributed by atoms with E-state index in [0.29, 0.717) is 32.1 Å². The summed E-state index contributed by atoms with van der Waals surface area (Å²) in [5.41, 5.74) is -0.425. The van der Waals surface area contributed by atoms with Gasteiger partial charge in [-0.1, -0.05) is 19.3 Å². The number of halogens is 1. The van der Waals surface area contributed by atoms with Crippen molar-refractivity contribution < 1.29 is 23.5 Å². The highest BCUT2D eigenvalue weighted by Crippen LogP contribution is 2.45. The second-order valence-electron chi connectivity index (χ2n) is 7.53. The zero-order chi connectivity index (χ0) is 18.9. The van der Waals surface area contributed by atoms with E-state index in [9.17, 15) is 14.0 Å². The molecule has 0 aromatic heterocycles. The molecule has 3 aliphatic rings. The van der Waals surface area contributed by atoms with Gasteiger partial charge in [0.15, 0.2) is 6.10 Å². The van der Waals surface area contributed by atoms with E-state index in [-0.39, 0.29) is 24.2 Å². The van der Waals surface area contributed by atoms with Gasteiger partial charge in [0.05, 0.1) is 18.8 Å². The number of benzene rings is 1. The van der Waals surface area contributed by atoms with Gasteiger partial charge < -0.3 is 19.3 Å². The number of nitrogens with zero attached hydrogens (tertiary/aromatic N) is 2. The molecule has 0 bridgehead atoms. The quantitative estimate of drug-likeness (QED) is 0.754. The van der Waals surface area contributed by atoms with Gasteiger partial charge in [-0.05, 0) is 37.1 Å². The molecule has 6 nitrogen and oxygen atoms in total. The third kappa shape index (κ3) is 3.40. The Kier molecular flexibility index (Phi) is 5.04. The first-order chi connectivity index (χ1) is 13.1. The normalized spacial score (nSPS) is 24.6. The van der Waals surface area contributed by atoms with Crippen LogP contribution in [0.1, 0.15) is 32.1 Å². The van der Waals surface area contributed by atoms with E-state index >= 15 is 0 Å². The first-order valence-corrected chi connectivity index (χ1v) is 9.69. The molecule has 1 unspecified atom stereocenters. The molecule has 2 saturated heterocycles. The number of hydrogen-bond donors (Lipinski definition) is 0. The van der Waals surface area contributed by atoms with E-state index < -0.39 is 11.6 Å². The third-order valence-electron chi connectivity index (χ3n) is 5.96. The summed E-state index contributed by atoms with van der Waals surface area (Å²) in [6.45, 7) is 2.33. The summed E-state index contributed by atoms with van der Waals surface area (Å²) in [7, 11) is 0. The summed E-state index contributed by atoms with van der Waals surface area (Å²) in [6, 6.07) is 5.73. The summed E-state index contributed by atoms with van der Waals surface area (Å²) in [5, 5.41) is 0. The van der Waals surface area contributed by atoms with Crippen molar-refractivity contribution in [3.05, 3.63) is 30.1 Å². The Morgan fingerprint density at radius 1 is 1.15 bits per heavy atom. The molecule has 1 atom stereocenters. The van der Waals surface area contributed by atoms with Gasteiger partial charge in [-0.15, -0.1) is 0 Å². The highest BCUT2D eigenvalue weighted by molar-refractivity contribution is 5.94. The number of rotatable bonds is 4. The van der Waals surface area contributed by atoms with Gasteiger partial charge in [-0.3, -0.25) is 9.59 Å². The van der Waals surface area contributed by atoms with Crippen molar-refractivity contribution in [3.63, 3.8) is 0 Å². The van der Waals surface area contributed by atoms with Crippen LogP contribution in [-0.4, -0.2) is 66.1 Å². The number of amides is 2. The predicted octanol–water partition coefficient (Wildman–Crippen LogP) is 1.98. The molecule has 2 aliphatic heterocycles. The molecule has 27 heavy (non-hydrogen) atoms. The van der Waals surface area contributed by atoms with Crippen LogP contribution in [0.5, 0.6) is 5.75 Å². The lowest BCUT2D eigenvalue weighted by molar-refractivity contribution is -0.189. The van der Waals surface area contributed by atoms with Crippen molar-refractivity contribution in [2.45, 2.75) is 43.7 Å². The first-order valence-electron chi connectivity index (χ1n) is 9.69. The maximum atomic E-state index is 13.1. The molecular weight excluding hydrogens is 351 g/mol. The van der Waals surface area contributed by atoms with Gasteiger partial charge in [0.2, 0.25) is 5.91 Å². The minimum Gasteiger partial charge on any atom is -0.478 e. The lowest BCUT2D eigenvalue weighted by Crippen LogP contribution is -2.77. The highest BCUT2D eigenvalue weighted by Gasteiger charge is 2.62. The fourth-order valence-corrected chi connectivity index (χ4v) is 4.46. The predicted molar refractivity (Wildman–Crippen MR) is 95.7 cm³/mol. The Morgan fingerprint density at radius 3 is 2.48 bits per heavy atom. The number of ether oxygens (including phenoxy) is 2. The van der Waals surface area contributed by atoms with Gasteiger partial charge in [-0.2, -0.15) is 0 Å². The number of carbonyl (C=O) groups excluding carboxylic acids is 2. The van der Waals surface area contributed by atoms with Gasteiger partial charge in [-0.25, -0.2) is 4.39 Å². The van der Waals surface area contributed by atoms with E-state index in [1.54, 1.807) is 21.9 Å². The molecule has 1 spiro atoms. The molecule has 146 valence electrons. The fraction of sp³-hybridized carbons (Fsp3) is 0.600. The van der Waals surface area contributed by atoms with Crippen LogP contribution >= 0.6 is 0 Å². The maximum absolute atomic E-state index is 13.1. The smallest absolute Gasteiger partial charge is 0.267 e. The average Bonchev–Trinajstić information content (AvgIpc) is 2.72. The van der Waals surface area contributed by atoms with Crippen molar-refractivity contribution >= 4 is 11.8 Å². The van der Waals surface area contributed by atoms with E-state index in [1.807, 2.05) is 0 Å². The van der Waals surface area contributed by atoms with E-state index in [2.05, 4.69) is 0 Å². The molecule has 0 radical (unpaired) electrons. The first kappa shape index (κ1) is 18.2. The van der Waals surface area contributed by atoms with Gasteiger partial charge in [0, 0.05) is 13.1 Å². The number of carbonyl (C=O) groups is 2. The highest BCUT2D eigenvalue weighted by atomic mass is 19.1. The molecule has 4 rings (SSSR count). The van der Waals surface area contributed by atoms with Crippen LogP contribution in [0.2, 0.25) is 0 Å². The molecule has 3 fully saturated rings. The van der Waals surface area contributed by atoms with Crippen LogP contribution in [0.25, 0.3) is 0 Å². The van der Waals surface area contributed by atoms with Crippen LogP contribution in [0, 0.1) is 5.82 Å². The molecule has 2 heterocycles. The van der Waals surface area contributed by atoms with Gasteiger partial charge in [0.25, 0.3) is 5.91 Å². The molecular formula is C20H25FN2O4. The van der Waals surface area contributed by atoms with Crippen molar-refractivity contribution in [1.82, 2.24) is 9.80 Å². The molecule has 1 aliphatic carbocycles. The van der Waals surface area contributed by atoms with Crippen LogP contribution < -0.4 is 4.74 Å². The van der Waals surface area contributed by atoms with E-state index in [0.717, 1.165) is 32.1 Å². The Bertz CT molecular complexity index is 696. The zero-order valence-corrected chi connectivity index (χ0v) is 15.4. The Balaban J connectivity index is 1.49. The number of hydrogen-bond acceptors (Lipinski definition) is 4. The Labute approximate surface area is 158 Å². The topological polar surface area (TPSA) is 59.1 Å². The fourth-order valence-electron chi connectivity index (χ4n) is 4.46. The summed E-state index contributed by atoms with van der Waals surface area (Å²) in [4.78, 5) is 29.0. The summed E-state index contributed by atoms with van der Waals surface area (Å²) in [6.07, 6.45) is 4.23. The van der Waals surface area contributed by atoms with Gasteiger partial charge >= 0.3 is 0 Å².